The van der Waals surface area contributed by atoms with Crippen LogP contribution in [0.4, 0.5) is 19.1 Å². The lowest BCUT2D eigenvalue weighted by Crippen LogP contribution is -2.38. The lowest BCUT2D eigenvalue weighted by Gasteiger charge is -2.24. The molecule has 0 amide bonds. The summed E-state index contributed by atoms with van der Waals surface area (Å²) in [4.78, 5) is 17.2. The normalized spacial score (nSPS) is 18.5. The SMILES string of the molecule is FC(F)(F)c1cnc(N[C@H]2CCCNC2)nc1C1=CCc2nc(-c3nccs3)ccc21. The van der Waals surface area contributed by atoms with Gasteiger partial charge >= 0.3 is 6.18 Å². The van der Waals surface area contributed by atoms with E-state index in [0.717, 1.165) is 42.8 Å². The van der Waals surface area contributed by atoms with Crippen LogP contribution in [0.5, 0.6) is 0 Å². The van der Waals surface area contributed by atoms with E-state index in [2.05, 4.69) is 30.6 Å². The van der Waals surface area contributed by atoms with E-state index in [1.165, 1.54) is 11.3 Å². The molecular weight excluding hydrogens is 425 g/mol. The molecule has 1 atom stereocenters. The van der Waals surface area contributed by atoms with Crippen molar-refractivity contribution < 1.29 is 13.2 Å². The number of nitrogens with zero attached hydrogens (tertiary/aromatic N) is 4. The molecule has 3 aromatic heterocycles. The third kappa shape index (κ3) is 4.05. The molecule has 0 saturated carbocycles. The molecule has 1 aliphatic heterocycles. The van der Waals surface area contributed by atoms with Crippen LogP contribution < -0.4 is 10.6 Å². The number of pyridine rings is 1. The molecule has 6 nitrogen and oxygen atoms in total. The first-order valence-electron chi connectivity index (χ1n) is 10.0. The fraction of sp³-hybridized carbons (Fsp3) is 0.333. The summed E-state index contributed by atoms with van der Waals surface area (Å²) in [5, 5.41) is 9.08. The topological polar surface area (TPSA) is 75.6 Å². The minimum absolute atomic E-state index is 0.0886. The molecule has 10 heteroatoms. The highest BCUT2D eigenvalue weighted by atomic mass is 32.1. The van der Waals surface area contributed by atoms with Gasteiger partial charge in [0, 0.05) is 47.9 Å². The van der Waals surface area contributed by atoms with Crippen LogP contribution >= 0.6 is 11.3 Å². The molecular formula is C21H19F3N6S. The second-order valence-electron chi connectivity index (χ2n) is 7.49. The first-order chi connectivity index (χ1) is 15.0. The predicted molar refractivity (Wildman–Crippen MR) is 113 cm³/mol. The number of fused-ring (bicyclic) bond motifs is 1. The van der Waals surface area contributed by atoms with Crippen molar-refractivity contribution in [1.82, 2.24) is 25.3 Å². The van der Waals surface area contributed by atoms with Gasteiger partial charge < -0.3 is 10.6 Å². The summed E-state index contributed by atoms with van der Waals surface area (Å²) >= 11 is 1.47. The summed E-state index contributed by atoms with van der Waals surface area (Å²) in [6.07, 6.45) is 2.13. The van der Waals surface area contributed by atoms with Crippen molar-refractivity contribution in [2.24, 2.45) is 0 Å². The Kier molecular flexibility index (Phi) is 5.19. The Morgan fingerprint density at radius 3 is 2.81 bits per heavy atom. The quantitative estimate of drug-likeness (QED) is 0.629. The predicted octanol–water partition coefficient (Wildman–Crippen LogP) is 4.17. The first kappa shape index (κ1) is 20.1. The van der Waals surface area contributed by atoms with E-state index in [-0.39, 0.29) is 17.7 Å². The van der Waals surface area contributed by atoms with Gasteiger partial charge in [0.25, 0.3) is 0 Å². The van der Waals surface area contributed by atoms with Crippen molar-refractivity contribution in [3.63, 3.8) is 0 Å². The molecule has 5 rings (SSSR count). The lowest BCUT2D eigenvalue weighted by molar-refractivity contribution is -0.138. The van der Waals surface area contributed by atoms with Crippen LogP contribution in [0, 0.1) is 0 Å². The van der Waals surface area contributed by atoms with Gasteiger partial charge in [-0.05, 0) is 25.5 Å². The molecule has 1 aliphatic carbocycles. The molecule has 1 fully saturated rings. The van der Waals surface area contributed by atoms with Crippen molar-refractivity contribution >= 4 is 22.9 Å². The molecule has 0 unspecified atom stereocenters. The summed E-state index contributed by atoms with van der Waals surface area (Å²) < 4.78 is 41.3. The summed E-state index contributed by atoms with van der Waals surface area (Å²) in [5.41, 5.74) is 1.58. The maximum atomic E-state index is 13.8. The van der Waals surface area contributed by atoms with Crippen LogP contribution in [0.1, 0.15) is 35.4 Å². The number of halogens is 3. The molecule has 0 radical (unpaired) electrons. The van der Waals surface area contributed by atoms with Gasteiger partial charge in [-0.3, -0.25) is 0 Å². The Labute approximate surface area is 180 Å². The number of thiazole rings is 1. The van der Waals surface area contributed by atoms with E-state index in [4.69, 9.17) is 0 Å². The zero-order valence-corrected chi connectivity index (χ0v) is 17.2. The van der Waals surface area contributed by atoms with Gasteiger partial charge in [0.1, 0.15) is 10.6 Å². The second kappa shape index (κ2) is 8.01. The van der Waals surface area contributed by atoms with E-state index < -0.39 is 11.7 Å². The highest BCUT2D eigenvalue weighted by Crippen LogP contribution is 2.39. The summed E-state index contributed by atoms with van der Waals surface area (Å²) in [7, 11) is 0. The van der Waals surface area contributed by atoms with Crippen molar-refractivity contribution in [2.75, 3.05) is 18.4 Å². The Balaban J connectivity index is 1.51. The maximum Gasteiger partial charge on any atom is 0.419 e. The number of alkyl halides is 3. The number of hydrogen-bond donors (Lipinski definition) is 2. The number of rotatable bonds is 4. The minimum atomic E-state index is -4.56. The molecule has 3 aromatic rings. The van der Waals surface area contributed by atoms with Gasteiger partial charge in [-0.2, -0.15) is 13.2 Å². The van der Waals surface area contributed by atoms with Gasteiger partial charge in [0.05, 0.1) is 17.1 Å². The van der Waals surface area contributed by atoms with Crippen LogP contribution in [-0.4, -0.2) is 39.1 Å². The molecule has 2 N–H and O–H groups in total. The first-order valence-corrected chi connectivity index (χ1v) is 10.9. The van der Waals surface area contributed by atoms with Crippen molar-refractivity contribution in [1.29, 1.82) is 0 Å². The highest BCUT2D eigenvalue weighted by molar-refractivity contribution is 7.13. The zero-order chi connectivity index (χ0) is 21.4. The van der Waals surface area contributed by atoms with Crippen molar-refractivity contribution in [3.8, 4) is 10.7 Å². The van der Waals surface area contributed by atoms with Crippen molar-refractivity contribution in [3.05, 3.63) is 58.5 Å². The van der Waals surface area contributed by atoms with Crippen LogP contribution in [-0.2, 0) is 12.6 Å². The number of allylic oxidation sites excluding steroid dienone is 1. The van der Waals surface area contributed by atoms with E-state index >= 15 is 0 Å². The van der Waals surface area contributed by atoms with E-state index in [1.54, 1.807) is 24.4 Å². The molecule has 0 aromatic carbocycles. The second-order valence-corrected chi connectivity index (χ2v) is 8.39. The van der Waals surface area contributed by atoms with E-state index in [1.807, 2.05) is 5.38 Å². The van der Waals surface area contributed by atoms with Crippen LogP contribution in [0.3, 0.4) is 0 Å². The summed E-state index contributed by atoms with van der Waals surface area (Å²) in [6.45, 7) is 1.67. The minimum Gasteiger partial charge on any atom is -0.350 e. The Hall–Kier alpha value is -2.85. The molecule has 31 heavy (non-hydrogen) atoms. The third-order valence-electron chi connectivity index (χ3n) is 5.39. The highest BCUT2D eigenvalue weighted by Gasteiger charge is 2.37. The molecule has 0 spiro atoms. The number of aromatic nitrogens is 4. The summed E-state index contributed by atoms with van der Waals surface area (Å²) in [5.74, 6) is 0.207. The molecule has 160 valence electrons. The summed E-state index contributed by atoms with van der Waals surface area (Å²) in [6, 6.07) is 3.68. The number of hydrogen-bond acceptors (Lipinski definition) is 7. The van der Waals surface area contributed by atoms with E-state index in [0.29, 0.717) is 23.3 Å². The number of nitrogens with one attached hydrogen (secondary N) is 2. The zero-order valence-electron chi connectivity index (χ0n) is 16.4. The van der Waals surface area contributed by atoms with Gasteiger partial charge in [0.15, 0.2) is 0 Å². The van der Waals surface area contributed by atoms with Crippen molar-refractivity contribution in [2.45, 2.75) is 31.5 Å². The van der Waals surface area contributed by atoms with Crippen LogP contribution in [0.25, 0.3) is 16.3 Å². The number of anilines is 1. The third-order valence-corrected chi connectivity index (χ3v) is 6.19. The standard InChI is InChI=1S/C21H19F3N6S/c22-21(23,24)15-11-27-20(28-12-2-1-7-25-10-12)30-18(15)14-4-5-16-13(14)3-6-17(29-16)19-26-8-9-31-19/h3-4,6,8-9,11-12,25H,1-2,5,7,10H2,(H,27,28,30)/t12-/m0/s1. The average molecular weight is 444 g/mol. The van der Waals surface area contributed by atoms with Gasteiger partial charge in [-0.15, -0.1) is 11.3 Å². The number of piperidine rings is 1. The van der Waals surface area contributed by atoms with Crippen LogP contribution in [0.15, 0.2) is 36.0 Å². The Morgan fingerprint density at radius 1 is 1.16 bits per heavy atom. The monoisotopic (exact) mass is 444 g/mol. The average Bonchev–Trinajstić information content (AvgIpc) is 3.43. The molecule has 2 aliphatic rings. The van der Waals surface area contributed by atoms with Crippen LogP contribution in [0.2, 0.25) is 0 Å². The fourth-order valence-corrected chi connectivity index (χ4v) is 4.53. The molecule has 4 heterocycles. The fourth-order valence-electron chi connectivity index (χ4n) is 3.93. The van der Waals surface area contributed by atoms with E-state index in [9.17, 15) is 13.2 Å². The Bertz CT molecular complexity index is 1120. The van der Waals surface area contributed by atoms with Gasteiger partial charge in [-0.1, -0.05) is 12.1 Å². The van der Waals surface area contributed by atoms with Gasteiger partial charge in [-0.25, -0.2) is 19.9 Å². The lowest BCUT2D eigenvalue weighted by atomic mass is 10.0. The largest absolute Gasteiger partial charge is 0.419 e. The molecule has 1 saturated heterocycles. The Morgan fingerprint density at radius 2 is 2.06 bits per heavy atom. The maximum absolute atomic E-state index is 13.8. The van der Waals surface area contributed by atoms with Gasteiger partial charge in [0.2, 0.25) is 5.95 Å². The smallest absolute Gasteiger partial charge is 0.350 e. The molecule has 0 bridgehead atoms.